The van der Waals surface area contributed by atoms with Crippen LogP contribution in [0.3, 0.4) is 0 Å². The topological polar surface area (TPSA) is 12.0 Å². The Labute approximate surface area is 113 Å². The summed E-state index contributed by atoms with van der Waals surface area (Å²) >= 11 is 0. The molecule has 1 N–H and O–H groups in total. The maximum atomic E-state index is 12.7. The van der Waals surface area contributed by atoms with E-state index >= 15 is 0 Å². The zero-order chi connectivity index (χ0) is 14.6. The Kier molecular flexibility index (Phi) is 5.41. The van der Waals surface area contributed by atoms with E-state index in [2.05, 4.69) is 26.1 Å². The highest BCUT2D eigenvalue weighted by molar-refractivity contribution is 5.28. The highest BCUT2D eigenvalue weighted by Crippen LogP contribution is 2.32. The molecule has 1 rings (SSSR count). The quantitative estimate of drug-likeness (QED) is 0.836. The first-order valence-corrected chi connectivity index (χ1v) is 6.62. The van der Waals surface area contributed by atoms with Crippen molar-refractivity contribution in [1.29, 1.82) is 0 Å². The second-order valence-electron chi connectivity index (χ2n) is 5.45. The van der Waals surface area contributed by atoms with Crippen LogP contribution in [0.4, 0.5) is 13.2 Å². The van der Waals surface area contributed by atoms with Gasteiger partial charge in [-0.25, -0.2) is 0 Å². The standard InChI is InChI=1S/C15H22F3N/c1-10(2)19-9-11(3)12(4)13-6-5-7-14(8-13)15(16,17)18/h5-8,10-12,19H,9H2,1-4H3. The van der Waals surface area contributed by atoms with Crippen LogP contribution in [0.5, 0.6) is 0 Å². The summed E-state index contributed by atoms with van der Waals surface area (Å²) in [6.45, 7) is 8.95. The lowest BCUT2D eigenvalue weighted by molar-refractivity contribution is -0.137. The summed E-state index contributed by atoms with van der Waals surface area (Å²) < 4.78 is 38.0. The fraction of sp³-hybridized carbons (Fsp3) is 0.600. The van der Waals surface area contributed by atoms with Gasteiger partial charge in [-0.1, -0.05) is 45.9 Å². The molecule has 1 nitrogen and oxygen atoms in total. The fourth-order valence-electron chi connectivity index (χ4n) is 1.93. The van der Waals surface area contributed by atoms with E-state index in [9.17, 15) is 13.2 Å². The fourth-order valence-corrected chi connectivity index (χ4v) is 1.93. The first-order valence-electron chi connectivity index (χ1n) is 6.62. The normalized spacial score (nSPS) is 15.6. The van der Waals surface area contributed by atoms with Gasteiger partial charge in [0.2, 0.25) is 0 Å². The molecule has 0 aliphatic carbocycles. The molecule has 1 aromatic carbocycles. The van der Waals surface area contributed by atoms with Crippen LogP contribution in [0.1, 0.15) is 44.7 Å². The van der Waals surface area contributed by atoms with Gasteiger partial charge in [0, 0.05) is 6.04 Å². The van der Waals surface area contributed by atoms with Crippen molar-refractivity contribution in [1.82, 2.24) is 5.32 Å². The molecule has 0 spiro atoms. The van der Waals surface area contributed by atoms with Crippen LogP contribution in [-0.2, 0) is 6.18 Å². The summed E-state index contributed by atoms with van der Waals surface area (Å²) in [5.74, 6) is 0.374. The largest absolute Gasteiger partial charge is 0.416 e. The number of hydrogen-bond acceptors (Lipinski definition) is 1. The van der Waals surface area contributed by atoms with Gasteiger partial charge in [0.15, 0.2) is 0 Å². The van der Waals surface area contributed by atoms with Crippen molar-refractivity contribution >= 4 is 0 Å². The van der Waals surface area contributed by atoms with Gasteiger partial charge in [-0.3, -0.25) is 0 Å². The SMILES string of the molecule is CC(C)NCC(C)C(C)c1cccc(C(F)(F)F)c1. The molecular weight excluding hydrogens is 251 g/mol. The van der Waals surface area contributed by atoms with Crippen molar-refractivity contribution in [3.63, 3.8) is 0 Å². The highest BCUT2D eigenvalue weighted by Gasteiger charge is 2.31. The van der Waals surface area contributed by atoms with Crippen molar-refractivity contribution in [3.05, 3.63) is 35.4 Å². The maximum Gasteiger partial charge on any atom is 0.416 e. The van der Waals surface area contributed by atoms with Crippen LogP contribution in [0.25, 0.3) is 0 Å². The van der Waals surface area contributed by atoms with Crippen molar-refractivity contribution in [3.8, 4) is 0 Å². The average Bonchev–Trinajstić information content (AvgIpc) is 2.34. The number of hydrogen-bond donors (Lipinski definition) is 1. The van der Waals surface area contributed by atoms with Crippen molar-refractivity contribution in [2.24, 2.45) is 5.92 Å². The second kappa shape index (κ2) is 6.42. The van der Waals surface area contributed by atoms with Crippen LogP contribution in [0.2, 0.25) is 0 Å². The van der Waals surface area contributed by atoms with Gasteiger partial charge in [0.25, 0.3) is 0 Å². The van der Waals surface area contributed by atoms with Gasteiger partial charge in [-0.15, -0.1) is 0 Å². The minimum atomic E-state index is -4.27. The zero-order valence-electron chi connectivity index (χ0n) is 11.9. The first kappa shape index (κ1) is 16.0. The second-order valence-corrected chi connectivity index (χ2v) is 5.45. The molecule has 1 aromatic rings. The number of halogens is 3. The predicted octanol–water partition coefficient (Wildman–Crippen LogP) is 4.44. The van der Waals surface area contributed by atoms with E-state index in [0.717, 1.165) is 18.2 Å². The van der Waals surface area contributed by atoms with E-state index in [-0.39, 0.29) is 11.8 Å². The molecule has 2 unspecified atom stereocenters. The highest BCUT2D eigenvalue weighted by atomic mass is 19.4. The van der Waals surface area contributed by atoms with Gasteiger partial charge in [-0.05, 0) is 30.0 Å². The van der Waals surface area contributed by atoms with E-state index in [4.69, 9.17) is 0 Å². The summed E-state index contributed by atoms with van der Waals surface area (Å²) in [7, 11) is 0. The third kappa shape index (κ3) is 4.86. The Bertz CT molecular complexity index is 399. The van der Waals surface area contributed by atoms with Crippen LogP contribution in [0, 0.1) is 5.92 Å². The van der Waals surface area contributed by atoms with E-state index < -0.39 is 11.7 Å². The Balaban J connectivity index is 2.79. The molecule has 0 aliphatic rings. The molecule has 0 amide bonds. The van der Waals surface area contributed by atoms with E-state index in [1.807, 2.05) is 6.92 Å². The van der Waals surface area contributed by atoms with Crippen molar-refractivity contribution in [2.75, 3.05) is 6.54 Å². The summed E-state index contributed by atoms with van der Waals surface area (Å²) in [6, 6.07) is 6.02. The number of benzene rings is 1. The van der Waals surface area contributed by atoms with Gasteiger partial charge in [0.1, 0.15) is 0 Å². The lowest BCUT2D eigenvalue weighted by Gasteiger charge is -2.23. The Hall–Kier alpha value is -1.03. The first-order chi connectivity index (χ1) is 8.71. The molecule has 2 atom stereocenters. The summed E-state index contributed by atoms with van der Waals surface area (Å²) in [4.78, 5) is 0. The number of alkyl halides is 3. The van der Waals surface area contributed by atoms with Crippen LogP contribution in [-0.4, -0.2) is 12.6 Å². The van der Waals surface area contributed by atoms with Crippen LogP contribution >= 0.6 is 0 Å². The van der Waals surface area contributed by atoms with Crippen LogP contribution < -0.4 is 5.32 Å². The summed E-state index contributed by atoms with van der Waals surface area (Å²) in [6.07, 6.45) is -4.27. The number of nitrogens with one attached hydrogen (secondary N) is 1. The molecule has 0 saturated heterocycles. The summed E-state index contributed by atoms with van der Waals surface area (Å²) in [5, 5.41) is 3.32. The third-order valence-electron chi connectivity index (χ3n) is 3.44. The minimum absolute atomic E-state index is 0.0912. The predicted molar refractivity (Wildman–Crippen MR) is 72.2 cm³/mol. The molecule has 0 bridgehead atoms. The molecule has 19 heavy (non-hydrogen) atoms. The van der Waals surface area contributed by atoms with Crippen LogP contribution in [0.15, 0.2) is 24.3 Å². The molecule has 0 heterocycles. The summed E-state index contributed by atoms with van der Waals surface area (Å²) in [5.41, 5.74) is 0.175. The third-order valence-corrected chi connectivity index (χ3v) is 3.44. The van der Waals surface area contributed by atoms with Gasteiger partial charge in [0.05, 0.1) is 5.56 Å². The van der Waals surface area contributed by atoms with E-state index in [1.165, 1.54) is 12.1 Å². The molecule has 0 aromatic heterocycles. The Morgan fingerprint density at radius 1 is 1.11 bits per heavy atom. The smallest absolute Gasteiger partial charge is 0.314 e. The van der Waals surface area contributed by atoms with Crippen molar-refractivity contribution in [2.45, 2.75) is 45.8 Å². The molecule has 0 aliphatic heterocycles. The van der Waals surface area contributed by atoms with Gasteiger partial charge < -0.3 is 5.32 Å². The maximum absolute atomic E-state index is 12.7. The number of rotatable bonds is 5. The lowest BCUT2D eigenvalue weighted by atomic mass is 9.88. The average molecular weight is 273 g/mol. The zero-order valence-corrected chi connectivity index (χ0v) is 11.9. The van der Waals surface area contributed by atoms with Gasteiger partial charge in [-0.2, -0.15) is 13.2 Å². The lowest BCUT2D eigenvalue weighted by Crippen LogP contribution is -2.29. The molecule has 0 saturated carbocycles. The van der Waals surface area contributed by atoms with Crippen molar-refractivity contribution < 1.29 is 13.2 Å². The molecule has 0 fully saturated rings. The van der Waals surface area contributed by atoms with Gasteiger partial charge >= 0.3 is 6.18 Å². The molecule has 0 radical (unpaired) electrons. The Morgan fingerprint density at radius 3 is 2.26 bits per heavy atom. The van der Waals surface area contributed by atoms with E-state index in [0.29, 0.717) is 6.04 Å². The molecule has 108 valence electrons. The molecular formula is C15H22F3N. The minimum Gasteiger partial charge on any atom is -0.314 e. The van der Waals surface area contributed by atoms with E-state index in [1.54, 1.807) is 6.07 Å². The molecule has 4 heteroatoms. The Morgan fingerprint density at radius 2 is 1.74 bits per heavy atom. The monoisotopic (exact) mass is 273 g/mol.